The number of ether oxygens (including phenoxy) is 1. The number of fused-ring (bicyclic) bond motifs is 1. The van der Waals surface area contributed by atoms with Crippen LogP contribution >= 0.6 is 0 Å². The Kier molecular flexibility index (Phi) is 5.12. The first kappa shape index (κ1) is 17.4. The van der Waals surface area contributed by atoms with E-state index in [4.69, 9.17) is 14.9 Å². The van der Waals surface area contributed by atoms with Crippen LogP contribution in [-0.4, -0.2) is 27.1 Å². The fourth-order valence-corrected chi connectivity index (χ4v) is 2.67. The monoisotopic (exact) mass is 351 g/mol. The maximum absolute atomic E-state index is 11.1. The average molecular weight is 351 g/mol. The van der Waals surface area contributed by atoms with E-state index in [1.807, 2.05) is 30.3 Å². The van der Waals surface area contributed by atoms with Gasteiger partial charge in [-0.05, 0) is 30.2 Å². The number of pyridine rings is 1. The van der Waals surface area contributed by atoms with Crippen LogP contribution in [0.1, 0.15) is 11.1 Å². The first-order chi connectivity index (χ1) is 12.5. The minimum Gasteiger partial charge on any atom is -0.489 e. The Labute approximate surface area is 149 Å². The summed E-state index contributed by atoms with van der Waals surface area (Å²) in [5, 5.41) is 19.1. The van der Waals surface area contributed by atoms with Gasteiger partial charge in [-0.3, -0.25) is 14.6 Å². The predicted molar refractivity (Wildman–Crippen MR) is 95.0 cm³/mol. The van der Waals surface area contributed by atoms with E-state index < -0.39 is 17.9 Å². The van der Waals surface area contributed by atoms with Crippen molar-refractivity contribution in [3.8, 4) is 5.75 Å². The van der Waals surface area contributed by atoms with Crippen molar-refractivity contribution in [2.45, 2.75) is 13.0 Å². The highest BCUT2D eigenvalue weighted by atomic mass is 16.5. The minimum absolute atomic E-state index is 0.142. The predicted octanol–water partition coefficient (Wildman–Crippen LogP) is 3.14. The fraction of sp³-hybridized carbons (Fsp3) is 0.150. The van der Waals surface area contributed by atoms with Crippen LogP contribution in [0.5, 0.6) is 5.75 Å². The molecule has 0 saturated heterocycles. The van der Waals surface area contributed by atoms with Crippen LogP contribution in [0.3, 0.4) is 0 Å². The van der Waals surface area contributed by atoms with Crippen molar-refractivity contribution in [1.29, 1.82) is 0 Å². The summed E-state index contributed by atoms with van der Waals surface area (Å²) in [6, 6.07) is 16.6. The Hall–Kier alpha value is -3.41. The van der Waals surface area contributed by atoms with Crippen molar-refractivity contribution in [2.24, 2.45) is 5.92 Å². The van der Waals surface area contributed by atoms with Crippen molar-refractivity contribution in [3.05, 3.63) is 71.9 Å². The van der Waals surface area contributed by atoms with Crippen LogP contribution < -0.4 is 4.74 Å². The van der Waals surface area contributed by atoms with E-state index in [9.17, 15) is 9.59 Å². The number of hydrogen-bond acceptors (Lipinski definition) is 4. The minimum atomic E-state index is -1.51. The van der Waals surface area contributed by atoms with Gasteiger partial charge in [0.15, 0.2) is 5.92 Å². The summed E-state index contributed by atoms with van der Waals surface area (Å²) in [4.78, 5) is 26.6. The maximum atomic E-state index is 11.1. The van der Waals surface area contributed by atoms with Gasteiger partial charge in [0.1, 0.15) is 12.4 Å². The molecule has 0 amide bonds. The number of nitrogens with zero attached hydrogens (tertiary/aromatic N) is 1. The number of hydrogen-bond donors (Lipinski definition) is 2. The van der Waals surface area contributed by atoms with E-state index >= 15 is 0 Å². The molecule has 2 aromatic carbocycles. The van der Waals surface area contributed by atoms with Gasteiger partial charge in [-0.15, -0.1) is 0 Å². The lowest BCUT2D eigenvalue weighted by molar-refractivity contribution is -0.154. The summed E-state index contributed by atoms with van der Waals surface area (Å²) in [5.74, 6) is -3.78. The molecule has 3 rings (SSSR count). The molecule has 26 heavy (non-hydrogen) atoms. The highest BCUT2D eigenvalue weighted by Crippen LogP contribution is 2.23. The molecular formula is C20H17NO5. The number of benzene rings is 2. The molecule has 0 fully saturated rings. The zero-order valence-electron chi connectivity index (χ0n) is 13.8. The molecule has 1 heterocycles. The molecular weight excluding hydrogens is 334 g/mol. The molecule has 0 radical (unpaired) electrons. The Morgan fingerprint density at radius 3 is 2.46 bits per heavy atom. The molecule has 0 aliphatic heterocycles. The molecule has 0 aliphatic rings. The van der Waals surface area contributed by atoms with Gasteiger partial charge in [-0.1, -0.05) is 36.4 Å². The van der Waals surface area contributed by atoms with Crippen molar-refractivity contribution in [1.82, 2.24) is 4.98 Å². The van der Waals surface area contributed by atoms with Gasteiger partial charge < -0.3 is 14.9 Å². The van der Waals surface area contributed by atoms with Gasteiger partial charge in [-0.2, -0.15) is 0 Å². The van der Waals surface area contributed by atoms with Crippen molar-refractivity contribution < 1.29 is 24.5 Å². The Morgan fingerprint density at radius 2 is 1.69 bits per heavy atom. The number of rotatable bonds is 7. The molecule has 0 atom stereocenters. The molecule has 0 unspecified atom stereocenters. The smallest absolute Gasteiger partial charge is 0.318 e. The molecule has 0 spiro atoms. The molecule has 1 aromatic heterocycles. The molecule has 6 heteroatoms. The average Bonchev–Trinajstić information content (AvgIpc) is 2.64. The molecule has 132 valence electrons. The number of carboxylic acid groups (broad SMARTS) is 2. The quantitative estimate of drug-likeness (QED) is 0.635. The lowest BCUT2D eigenvalue weighted by atomic mass is 9.99. The third kappa shape index (κ3) is 3.97. The van der Waals surface area contributed by atoms with Gasteiger partial charge in [0.2, 0.25) is 0 Å². The molecule has 0 aliphatic carbocycles. The SMILES string of the molecule is O=C(O)C(Cc1ccccc1OCc1cnc2ccccc2c1)C(=O)O. The maximum Gasteiger partial charge on any atom is 0.318 e. The van der Waals surface area contributed by atoms with E-state index in [-0.39, 0.29) is 13.0 Å². The third-order valence-electron chi connectivity index (χ3n) is 4.03. The fourth-order valence-electron chi connectivity index (χ4n) is 2.67. The van der Waals surface area contributed by atoms with Crippen LogP contribution in [-0.2, 0) is 22.6 Å². The Balaban J connectivity index is 1.77. The molecule has 0 saturated carbocycles. The van der Waals surface area contributed by atoms with Crippen molar-refractivity contribution >= 4 is 22.8 Å². The lowest BCUT2D eigenvalue weighted by Gasteiger charge is -2.13. The lowest BCUT2D eigenvalue weighted by Crippen LogP contribution is -2.25. The number of aliphatic carboxylic acids is 2. The number of carbonyl (C=O) groups is 2. The van der Waals surface area contributed by atoms with Gasteiger partial charge >= 0.3 is 11.9 Å². The van der Waals surface area contributed by atoms with E-state index in [2.05, 4.69) is 4.98 Å². The second kappa shape index (κ2) is 7.65. The molecule has 2 N–H and O–H groups in total. The first-order valence-electron chi connectivity index (χ1n) is 8.04. The summed E-state index contributed by atoms with van der Waals surface area (Å²) >= 11 is 0. The largest absolute Gasteiger partial charge is 0.489 e. The van der Waals surface area contributed by atoms with Gasteiger partial charge in [0.05, 0.1) is 5.52 Å². The van der Waals surface area contributed by atoms with Gasteiger partial charge in [0, 0.05) is 17.1 Å². The van der Waals surface area contributed by atoms with E-state index in [0.29, 0.717) is 11.3 Å². The molecule has 6 nitrogen and oxygen atoms in total. The molecule has 3 aromatic rings. The van der Waals surface area contributed by atoms with E-state index in [1.54, 1.807) is 30.5 Å². The van der Waals surface area contributed by atoms with Crippen LogP contribution in [0.15, 0.2) is 60.8 Å². The second-order valence-corrected chi connectivity index (χ2v) is 5.87. The van der Waals surface area contributed by atoms with Crippen LogP contribution in [0, 0.1) is 5.92 Å². The van der Waals surface area contributed by atoms with Crippen LogP contribution in [0.4, 0.5) is 0 Å². The van der Waals surface area contributed by atoms with Gasteiger partial charge in [0.25, 0.3) is 0 Å². The van der Waals surface area contributed by atoms with Gasteiger partial charge in [-0.25, -0.2) is 0 Å². The van der Waals surface area contributed by atoms with E-state index in [0.717, 1.165) is 16.5 Å². The Morgan fingerprint density at radius 1 is 1.00 bits per heavy atom. The van der Waals surface area contributed by atoms with Crippen molar-refractivity contribution in [2.75, 3.05) is 0 Å². The summed E-state index contributed by atoms with van der Waals surface area (Å²) < 4.78 is 5.81. The van der Waals surface area contributed by atoms with Crippen LogP contribution in [0.2, 0.25) is 0 Å². The highest BCUT2D eigenvalue weighted by molar-refractivity contribution is 5.93. The number of carboxylic acids is 2. The van der Waals surface area contributed by atoms with E-state index in [1.165, 1.54) is 0 Å². The number of aromatic nitrogens is 1. The molecule has 0 bridgehead atoms. The summed E-state index contributed by atoms with van der Waals surface area (Å²) in [6.45, 7) is 0.250. The normalized spacial score (nSPS) is 10.8. The second-order valence-electron chi connectivity index (χ2n) is 5.87. The summed E-state index contributed by atoms with van der Waals surface area (Å²) in [7, 11) is 0. The zero-order valence-corrected chi connectivity index (χ0v) is 13.8. The number of para-hydroxylation sites is 2. The topological polar surface area (TPSA) is 96.7 Å². The first-order valence-corrected chi connectivity index (χ1v) is 8.04. The highest BCUT2D eigenvalue weighted by Gasteiger charge is 2.27. The summed E-state index contributed by atoms with van der Waals surface area (Å²) in [5.41, 5.74) is 2.30. The van der Waals surface area contributed by atoms with Crippen molar-refractivity contribution in [3.63, 3.8) is 0 Å². The standard InChI is InChI=1S/C20H17NO5/c22-19(23)16(20(24)25)10-15-6-2-4-8-18(15)26-12-13-9-14-5-1-3-7-17(14)21-11-13/h1-9,11,16H,10,12H2,(H,22,23)(H,24,25). The zero-order chi connectivity index (χ0) is 18.5. The summed E-state index contributed by atoms with van der Waals surface area (Å²) in [6.07, 6.45) is 1.58. The third-order valence-corrected chi connectivity index (χ3v) is 4.03. The van der Waals surface area contributed by atoms with Crippen LogP contribution in [0.25, 0.3) is 10.9 Å². The Bertz CT molecular complexity index is 940.